The second kappa shape index (κ2) is 7.49. The molecule has 0 saturated carbocycles. The monoisotopic (exact) mass is 388 g/mol. The first-order chi connectivity index (χ1) is 14.8. The summed E-state index contributed by atoms with van der Waals surface area (Å²) >= 11 is 0. The molecule has 0 N–H and O–H groups in total. The number of nitriles is 1. The minimum atomic E-state index is 0.469. The van der Waals surface area contributed by atoms with Gasteiger partial charge in [0.2, 0.25) is 0 Å². The van der Waals surface area contributed by atoms with E-state index in [9.17, 15) is 5.26 Å². The van der Waals surface area contributed by atoms with E-state index in [1.165, 1.54) is 0 Å². The van der Waals surface area contributed by atoms with Gasteiger partial charge in [-0.05, 0) is 42.5 Å². The molecule has 0 unspecified atom stereocenters. The molecule has 5 aromatic rings. The molecule has 0 aliphatic heterocycles. The molecule has 0 aliphatic carbocycles. The average molecular weight is 388 g/mol. The van der Waals surface area contributed by atoms with Crippen LogP contribution in [0.4, 0.5) is 0 Å². The molecule has 6 heteroatoms. The van der Waals surface area contributed by atoms with Crippen molar-refractivity contribution in [2.75, 3.05) is 0 Å². The summed E-state index contributed by atoms with van der Waals surface area (Å²) < 4.78 is 3.71. The van der Waals surface area contributed by atoms with Crippen molar-refractivity contribution in [1.29, 1.82) is 5.26 Å². The Morgan fingerprint density at radius 3 is 2.60 bits per heavy atom. The zero-order chi connectivity index (χ0) is 20.3. The first-order valence-electron chi connectivity index (χ1n) is 9.43. The Morgan fingerprint density at radius 2 is 1.83 bits per heavy atom. The fourth-order valence-electron chi connectivity index (χ4n) is 3.32. The fraction of sp³-hybridized carbons (Fsp3) is 0. The molecule has 0 amide bonds. The van der Waals surface area contributed by atoms with Crippen LogP contribution in [-0.2, 0) is 0 Å². The van der Waals surface area contributed by atoms with Crippen molar-refractivity contribution in [3.63, 3.8) is 0 Å². The van der Waals surface area contributed by atoms with Crippen molar-refractivity contribution in [3.8, 4) is 23.0 Å². The first kappa shape index (κ1) is 17.6. The number of imidazole rings is 1. The van der Waals surface area contributed by atoms with Crippen LogP contribution in [0.2, 0.25) is 0 Å². The molecule has 4 heterocycles. The van der Waals surface area contributed by atoms with E-state index in [-0.39, 0.29) is 0 Å². The van der Waals surface area contributed by atoms with Crippen LogP contribution in [-0.4, -0.2) is 24.1 Å². The fourth-order valence-corrected chi connectivity index (χ4v) is 3.32. The number of rotatable bonds is 4. The summed E-state index contributed by atoms with van der Waals surface area (Å²) in [5, 5.41) is 14.6. The lowest BCUT2D eigenvalue weighted by Gasteiger charge is -2.00. The predicted molar refractivity (Wildman–Crippen MR) is 115 cm³/mol. The lowest BCUT2D eigenvalue weighted by Crippen LogP contribution is -1.94. The van der Waals surface area contributed by atoms with E-state index in [1.807, 2.05) is 94.4 Å². The molecular weight excluding hydrogens is 372 g/mol. The van der Waals surface area contributed by atoms with Crippen molar-refractivity contribution in [2.24, 2.45) is 0 Å². The molecular formula is C24H16N6. The number of allylic oxidation sites excluding steroid dienone is 1. The van der Waals surface area contributed by atoms with Crippen LogP contribution in [0, 0.1) is 11.3 Å². The third-order valence-electron chi connectivity index (χ3n) is 4.76. The van der Waals surface area contributed by atoms with E-state index in [1.54, 1.807) is 12.4 Å². The molecule has 0 aliphatic rings. The Kier molecular flexibility index (Phi) is 4.39. The number of para-hydroxylation sites is 1. The van der Waals surface area contributed by atoms with Crippen LogP contribution in [0.25, 0.3) is 34.2 Å². The average Bonchev–Trinajstić information content (AvgIpc) is 3.43. The standard InChI is InChI=1S/C24H16N6/c25-14-19(22-17-29-12-5-4-10-23(29)27-22)13-20-16-30(21-8-2-1-3-9-21)28-24(20)18-7-6-11-26-15-18/h1-13,15-17H/b19-13+. The van der Waals surface area contributed by atoms with Crippen LogP contribution in [0.3, 0.4) is 0 Å². The Hall–Kier alpha value is -4.50. The smallest absolute Gasteiger partial charge is 0.137 e. The molecule has 4 aromatic heterocycles. The minimum absolute atomic E-state index is 0.469. The number of fused-ring (bicyclic) bond motifs is 1. The first-order valence-corrected chi connectivity index (χ1v) is 9.43. The van der Waals surface area contributed by atoms with E-state index in [0.717, 1.165) is 28.2 Å². The SMILES string of the molecule is N#C/C(=C\c1cn(-c2ccccc2)nc1-c1cccnc1)c1cn2ccccc2n1. The second-order valence-electron chi connectivity index (χ2n) is 6.72. The maximum absolute atomic E-state index is 9.84. The van der Waals surface area contributed by atoms with Gasteiger partial charge in [-0.1, -0.05) is 24.3 Å². The quantitative estimate of drug-likeness (QED) is 0.420. The molecule has 0 saturated heterocycles. The van der Waals surface area contributed by atoms with Crippen LogP contribution >= 0.6 is 0 Å². The molecule has 142 valence electrons. The van der Waals surface area contributed by atoms with E-state index in [2.05, 4.69) is 16.0 Å². The molecule has 0 atom stereocenters. The number of aromatic nitrogens is 5. The lowest BCUT2D eigenvalue weighted by atomic mass is 10.1. The van der Waals surface area contributed by atoms with Crippen molar-refractivity contribution < 1.29 is 0 Å². The molecule has 0 spiro atoms. The van der Waals surface area contributed by atoms with E-state index in [0.29, 0.717) is 11.3 Å². The summed E-state index contributed by atoms with van der Waals surface area (Å²) in [6.45, 7) is 0. The molecule has 0 fully saturated rings. The number of nitrogens with zero attached hydrogens (tertiary/aromatic N) is 6. The number of hydrogen-bond donors (Lipinski definition) is 0. The Labute approximate surface area is 173 Å². The summed E-state index contributed by atoms with van der Waals surface area (Å²) in [5.41, 5.74) is 5.27. The van der Waals surface area contributed by atoms with Gasteiger partial charge in [0.25, 0.3) is 0 Å². The zero-order valence-corrected chi connectivity index (χ0v) is 15.9. The topological polar surface area (TPSA) is 71.8 Å². The van der Waals surface area contributed by atoms with Gasteiger partial charge in [-0.2, -0.15) is 10.4 Å². The summed E-state index contributed by atoms with van der Waals surface area (Å²) in [4.78, 5) is 8.80. The third kappa shape index (κ3) is 3.25. The Balaban J connectivity index is 1.66. The van der Waals surface area contributed by atoms with Gasteiger partial charge in [-0.25, -0.2) is 9.67 Å². The third-order valence-corrected chi connectivity index (χ3v) is 4.76. The van der Waals surface area contributed by atoms with Gasteiger partial charge in [0.15, 0.2) is 0 Å². The van der Waals surface area contributed by atoms with Gasteiger partial charge in [0.05, 0.1) is 17.0 Å². The number of pyridine rings is 2. The van der Waals surface area contributed by atoms with Crippen molar-refractivity contribution in [2.45, 2.75) is 0 Å². The normalized spacial score (nSPS) is 11.5. The Morgan fingerprint density at radius 1 is 0.967 bits per heavy atom. The molecule has 6 nitrogen and oxygen atoms in total. The van der Waals surface area contributed by atoms with Crippen molar-refractivity contribution in [3.05, 3.63) is 103 Å². The van der Waals surface area contributed by atoms with Crippen molar-refractivity contribution >= 4 is 17.3 Å². The maximum atomic E-state index is 9.84. The van der Waals surface area contributed by atoms with Crippen LogP contribution < -0.4 is 0 Å². The summed E-state index contributed by atoms with van der Waals surface area (Å²) in [6.07, 6.45) is 11.0. The van der Waals surface area contributed by atoms with Gasteiger partial charge in [0, 0.05) is 42.1 Å². The van der Waals surface area contributed by atoms with E-state index in [4.69, 9.17) is 5.10 Å². The van der Waals surface area contributed by atoms with Gasteiger partial charge < -0.3 is 4.40 Å². The van der Waals surface area contributed by atoms with E-state index < -0.39 is 0 Å². The highest BCUT2D eigenvalue weighted by Gasteiger charge is 2.14. The van der Waals surface area contributed by atoms with Gasteiger partial charge in [-0.3, -0.25) is 4.98 Å². The molecule has 0 radical (unpaired) electrons. The maximum Gasteiger partial charge on any atom is 0.137 e. The highest BCUT2D eigenvalue weighted by Crippen LogP contribution is 2.27. The molecule has 0 bridgehead atoms. The van der Waals surface area contributed by atoms with Gasteiger partial charge >= 0.3 is 0 Å². The van der Waals surface area contributed by atoms with Gasteiger partial charge in [0.1, 0.15) is 17.4 Å². The van der Waals surface area contributed by atoms with Crippen LogP contribution in [0.1, 0.15) is 11.3 Å². The second-order valence-corrected chi connectivity index (χ2v) is 6.72. The highest BCUT2D eigenvalue weighted by molar-refractivity contribution is 5.91. The zero-order valence-electron chi connectivity index (χ0n) is 15.9. The van der Waals surface area contributed by atoms with Crippen LogP contribution in [0.15, 0.2) is 91.6 Å². The van der Waals surface area contributed by atoms with Crippen LogP contribution in [0.5, 0.6) is 0 Å². The number of hydrogen-bond acceptors (Lipinski definition) is 4. The lowest BCUT2D eigenvalue weighted by molar-refractivity contribution is 0.884. The predicted octanol–water partition coefficient (Wildman–Crippen LogP) is 4.65. The number of benzene rings is 1. The molecule has 1 aromatic carbocycles. The Bertz CT molecular complexity index is 1360. The molecule has 5 rings (SSSR count). The summed E-state index contributed by atoms with van der Waals surface area (Å²) in [6, 6.07) is 21.8. The molecule has 30 heavy (non-hydrogen) atoms. The van der Waals surface area contributed by atoms with Gasteiger partial charge in [-0.15, -0.1) is 0 Å². The van der Waals surface area contributed by atoms with Crippen molar-refractivity contribution in [1.82, 2.24) is 24.1 Å². The summed E-state index contributed by atoms with van der Waals surface area (Å²) in [5.74, 6) is 0. The summed E-state index contributed by atoms with van der Waals surface area (Å²) in [7, 11) is 0. The van der Waals surface area contributed by atoms with E-state index >= 15 is 0 Å². The highest BCUT2D eigenvalue weighted by atomic mass is 15.3. The minimum Gasteiger partial charge on any atom is -0.306 e. The largest absolute Gasteiger partial charge is 0.306 e.